The van der Waals surface area contributed by atoms with Gasteiger partial charge >= 0.3 is 13.2 Å². The van der Waals surface area contributed by atoms with Crippen molar-refractivity contribution in [2.24, 2.45) is 5.92 Å². The van der Waals surface area contributed by atoms with E-state index in [2.05, 4.69) is 12.2 Å². The maximum atomic E-state index is 13.2. The van der Waals surface area contributed by atoms with Crippen LogP contribution in [0.15, 0.2) is 46.6 Å². The number of ether oxygens (including phenoxy) is 2. The third-order valence-corrected chi connectivity index (χ3v) is 7.24. The molecule has 0 bridgehead atoms. The Morgan fingerprint density at radius 3 is 2.89 bits per heavy atom. The first kappa shape index (κ1) is 27.7. The Labute approximate surface area is 222 Å². The number of hydrogen-bond donors (Lipinski definition) is 3. The minimum absolute atomic E-state index is 0.0382. The highest BCUT2D eigenvalue weighted by Gasteiger charge is 2.32. The number of benzene rings is 1. The van der Waals surface area contributed by atoms with Crippen molar-refractivity contribution in [1.29, 1.82) is 5.26 Å². The number of fused-ring (bicyclic) bond motifs is 1. The Morgan fingerprint density at radius 2 is 2.13 bits per heavy atom. The molecule has 3 N–H and O–H groups in total. The van der Waals surface area contributed by atoms with Gasteiger partial charge in [-0.3, -0.25) is 4.79 Å². The minimum atomic E-state index is -1.82. The van der Waals surface area contributed by atoms with Crippen LogP contribution in [-0.4, -0.2) is 71.9 Å². The zero-order valence-corrected chi connectivity index (χ0v) is 21.5. The van der Waals surface area contributed by atoms with Crippen molar-refractivity contribution in [2.75, 3.05) is 19.8 Å². The van der Waals surface area contributed by atoms with E-state index in [1.54, 1.807) is 17.0 Å². The number of carbonyl (C=O) groups is 2. The van der Waals surface area contributed by atoms with Crippen LogP contribution in [0, 0.1) is 17.2 Å². The Kier molecular flexibility index (Phi) is 9.45. The van der Waals surface area contributed by atoms with E-state index in [0.717, 1.165) is 36.6 Å². The topological polar surface area (TPSA) is 145 Å². The summed E-state index contributed by atoms with van der Waals surface area (Å²) in [6, 6.07) is 8.98. The minimum Gasteiger partial charge on any atom is -0.464 e. The van der Waals surface area contributed by atoms with Crippen LogP contribution < -0.4 is 5.32 Å². The molecule has 2 amide bonds. The molecular formula is C27H34BN3O7. The molecule has 1 aromatic carbocycles. The van der Waals surface area contributed by atoms with Gasteiger partial charge in [0.2, 0.25) is 0 Å². The molecule has 4 atom stereocenters. The largest absolute Gasteiger partial charge is 0.475 e. The number of para-hydroxylation sites is 1. The molecule has 2 aliphatic heterocycles. The van der Waals surface area contributed by atoms with E-state index in [9.17, 15) is 24.9 Å². The molecule has 11 heteroatoms. The first-order chi connectivity index (χ1) is 18.4. The van der Waals surface area contributed by atoms with Gasteiger partial charge in [-0.25, -0.2) is 4.79 Å². The second-order valence-electron chi connectivity index (χ2n) is 10.1. The first-order valence-corrected chi connectivity index (χ1v) is 13.1. The molecule has 202 valence electrons. The normalized spacial score (nSPS) is 22.9. The van der Waals surface area contributed by atoms with Crippen LogP contribution in [0.4, 0.5) is 4.79 Å². The molecule has 0 aliphatic carbocycles. The van der Waals surface area contributed by atoms with Gasteiger partial charge in [0.15, 0.2) is 0 Å². The van der Waals surface area contributed by atoms with E-state index in [1.807, 2.05) is 24.3 Å². The SMILES string of the molecule is CC1CCOC(C=C(C#N)C(=O)N2CCCCC2COC(=O)N[C@@H](Cc2coc3ccccc23)B(O)O)C1. The summed E-state index contributed by atoms with van der Waals surface area (Å²) in [7, 11) is -1.82. The maximum Gasteiger partial charge on any atom is 0.475 e. The zero-order valence-electron chi connectivity index (χ0n) is 21.5. The van der Waals surface area contributed by atoms with Crippen molar-refractivity contribution in [3.63, 3.8) is 0 Å². The number of rotatable bonds is 8. The standard InChI is InChI=1S/C27H34BN3O7/c1-18-9-11-36-22(12-18)13-19(15-29)26(32)31-10-5-4-6-21(31)17-38-27(33)30-25(28(34)35)14-20-16-37-24-8-3-2-7-23(20)24/h2-3,7-8,13,16,18,21-22,25,34-35H,4-6,9-12,14,17H2,1H3,(H,30,33)/t18?,21?,22?,25-/m0/s1. The number of furan rings is 1. The lowest BCUT2D eigenvalue weighted by atomic mass is 9.76. The maximum absolute atomic E-state index is 13.2. The lowest BCUT2D eigenvalue weighted by Gasteiger charge is -2.35. The third-order valence-electron chi connectivity index (χ3n) is 7.24. The van der Waals surface area contributed by atoms with Gasteiger partial charge in [-0.2, -0.15) is 5.26 Å². The number of carbonyl (C=O) groups excluding carboxylic acids is 2. The van der Waals surface area contributed by atoms with Crippen molar-refractivity contribution < 1.29 is 33.5 Å². The van der Waals surface area contributed by atoms with Gasteiger partial charge < -0.3 is 34.2 Å². The summed E-state index contributed by atoms with van der Waals surface area (Å²) in [6.07, 6.45) is 6.17. The van der Waals surface area contributed by atoms with Gasteiger partial charge in [-0.05, 0) is 62.1 Å². The van der Waals surface area contributed by atoms with Crippen LogP contribution in [0.2, 0.25) is 0 Å². The number of piperidine rings is 1. The Hall–Kier alpha value is -3.33. The molecule has 2 aromatic rings. The predicted molar refractivity (Wildman–Crippen MR) is 140 cm³/mol. The summed E-state index contributed by atoms with van der Waals surface area (Å²) in [5.74, 6) is -0.958. The molecule has 2 saturated heterocycles. The molecular weight excluding hydrogens is 489 g/mol. The number of nitrogens with zero attached hydrogens (tertiary/aromatic N) is 2. The molecule has 10 nitrogen and oxygen atoms in total. The number of nitriles is 1. The van der Waals surface area contributed by atoms with E-state index in [4.69, 9.17) is 13.9 Å². The van der Waals surface area contributed by atoms with Crippen LogP contribution in [-0.2, 0) is 20.7 Å². The van der Waals surface area contributed by atoms with E-state index in [-0.39, 0.29) is 30.7 Å². The van der Waals surface area contributed by atoms with Crippen molar-refractivity contribution in [2.45, 2.75) is 63.5 Å². The Morgan fingerprint density at radius 1 is 1.32 bits per heavy atom. The fourth-order valence-corrected chi connectivity index (χ4v) is 5.08. The average molecular weight is 523 g/mol. The van der Waals surface area contributed by atoms with Gasteiger partial charge in [-0.1, -0.05) is 25.1 Å². The number of amides is 2. The molecule has 3 heterocycles. The molecule has 1 aromatic heterocycles. The number of hydrogen-bond acceptors (Lipinski definition) is 8. The second-order valence-corrected chi connectivity index (χ2v) is 10.1. The summed E-state index contributed by atoms with van der Waals surface area (Å²) in [6.45, 7) is 3.11. The molecule has 38 heavy (non-hydrogen) atoms. The highest BCUT2D eigenvalue weighted by atomic mass is 16.5. The highest BCUT2D eigenvalue weighted by Crippen LogP contribution is 2.24. The molecule has 2 fully saturated rings. The van der Waals surface area contributed by atoms with Crippen LogP contribution in [0.1, 0.15) is 44.6 Å². The lowest BCUT2D eigenvalue weighted by molar-refractivity contribution is -0.131. The van der Waals surface area contributed by atoms with Crippen molar-refractivity contribution in [3.05, 3.63) is 47.7 Å². The fraction of sp³-hybridized carbons (Fsp3) is 0.519. The molecule has 0 radical (unpaired) electrons. The molecule has 0 saturated carbocycles. The summed E-state index contributed by atoms with van der Waals surface area (Å²) in [5.41, 5.74) is 1.42. The monoisotopic (exact) mass is 523 g/mol. The Balaban J connectivity index is 1.35. The van der Waals surface area contributed by atoms with Gasteiger partial charge in [0.1, 0.15) is 23.8 Å². The van der Waals surface area contributed by atoms with Crippen LogP contribution in [0.5, 0.6) is 0 Å². The highest BCUT2D eigenvalue weighted by molar-refractivity contribution is 6.43. The molecule has 0 spiro atoms. The summed E-state index contributed by atoms with van der Waals surface area (Å²) in [4.78, 5) is 27.4. The van der Waals surface area contributed by atoms with Crippen molar-refractivity contribution in [1.82, 2.24) is 10.2 Å². The van der Waals surface area contributed by atoms with Gasteiger partial charge in [0, 0.05) is 18.5 Å². The van der Waals surface area contributed by atoms with Crippen LogP contribution in [0.3, 0.4) is 0 Å². The van der Waals surface area contributed by atoms with Crippen molar-refractivity contribution >= 4 is 30.1 Å². The summed E-state index contributed by atoms with van der Waals surface area (Å²) >= 11 is 0. The molecule has 3 unspecified atom stereocenters. The smallest absolute Gasteiger partial charge is 0.464 e. The third kappa shape index (κ3) is 6.95. The predicted octanol–water partition coefficient (Wildman–Crippen LogP) is 2.73. The van der Waals surface area contributed by atoms with E-state index in [1.165, 1.54) is 6.26 Å². The van der Waals surface area contributed by atoms with Gasteiger partial charge in [-0.15, -0.1) is 0 Å². The van der Waals surface area contributed by atoms with Gasteiger partial charge in [0.25, 0.3) is 5.91 Å². The van der Waals surface area contributed by atoms with Gasteiger partial charge in [0.05, 0.1) is 24.4 Å². The quantitative estimate of drug-likeness (QED) is 0.272. The first-order valence-electron chi connectivity index (χ1n) is 13.1. The molecule has 2 aliphatic rings. The zero-order chi connectivity index (χ0) is 27.1. The number of likely N-dealkylation sites (tertiary alicyclic amines) is 1. The number of alkyl carbamates (subject to hydrolysis) is 1. The summed E-state index contributed by atoms with van der Waals surface area (Å²) < 4.78 is 16.6. The lowest BCUT2D eigenvalue weighted by Crippen LogP contribution is -2.50. The molecule has 4 rings (SSSR count). The fourth-order valence-electron chi connectivity index (χ4n) is 5.08. The average Bonchev–Trinajstić information content (AvgIpc) is 3.32. The van der Waals surface area contributed by atoms with E-state index in [0.29, 0.717) is 31.1 Å². The second kappa shape index (κ2) is 13.0. The van der Waals surface area contributed by atoms with Crippen molar-refractivity contribution in [3.8, 4) is 6.07 Å². The van der Waals surface area contributed by atoms with Crippen LogP contribution in [0.25, 0.3) is 11.0 Å². The van der Waals surface area contributed by atoms with Crippen LogP contribution >= 0.6 is 0 Å². The van der Waals surface area contributed by atoms with E-state index >= 15 is 0 Å². The summed E-state index contributed by atoms with van der Waals surface area (Å²) in [5, 5.41) is 32.7. The van der Waals surface area contributed by atoms with E-state index < -0.39 is 25.1 Å². The Bertz CT molecular complexity index is 1190. The number of nitrogens with one attached hydrogen (secondary N) is 1.